The fourth-order valence-corrected chi connectivity index (χ4v) is 1.25. The van der Waals surface area contributed by atoms with E-state index in [2.05, 4.69) is 10.0 Å². The van der Waals surface area contributed by atoms with Crippen LogP contribution in [0.5, 0.6) is 5.75 Å². The number of azide groups is 1. The Labute approximate surface area is 98.0 Å². The van der Waals surface area contributed by atoms with E-state index < -0.39 is 5.91 Å². The van der Waals surface area contributed by atoms with E-state index in [-0.39, 0.29) is 11.3 Å². The lowest BCUT2D eigenvalue weighted by molar-refractivity contribution is 0.0997. The maximum absolute atomic E-state index is 11.0. The van der Waals surface area contributed by atoms with Gasteiger partial charge < -0.3 is 10.8 Å². The van der Waals surface area contributed by atoms with E-state index in [0.717, 1.165) is 5.56 Å². The molecule has 0 radical (unpaired) electrons. The van der Waals surface area contributed by atoms with Crippen molar-refractivity contribution in [2.75, 3.05) is 6.54 Å². The van der Waals surface area contributed by atoms with Crippen LogP contribution >= 0.6 is 0 Å². The molecule has 0 aliphatic carbocycles. The van der Waals surface area contributed by atoms with Gasteiger partial charge in [0.1, 0.15) is 5.75 Å². The van der Waals surface area contributed by atoms with Crippen LogP contribution in [0.25, 0.3) is 16.5 Å². The minimum absolute atomic E-state index is 0.0854. The normalized spacial score (nSPS) is 10.1. The van der Waals surface area contributed by atoms with Gasteiger partial charge in [0.2, 0.25) is 0 Å². The molecule has 0 aliphatic heterocycles. The molecule has 0 heterocycles. The van der Waals surface area contributed by atoms with Gasteiger partial charge in [0.05, 0.1) is 5.56 Å². The average Bonchev–Trinajstić information content (AvgIpc) is 2.30. The lowest BCUT2D eigenvalue weighted by Gasteiger charge is -2.01. The van der Waals surface area contributed by atoms with Gasteiger partial charge in [-0.05, 0) is 29.6 Å². The van der Waals surface area contributed by atoms with E-state index in [4.69, 9.17) is 11.3 Å². The number of carbonyl (C=O) groups is 1. The second-order valence-corrected chi connectivity index (χ2v) is 3.29. The largest absolute Gasteiger partial charge is 0.507 e. The van der Waals surface area contributed by atoms with Crippen molar-refractivity contribution in [3.63, 3.8) is 0 Å². The van der Waals surface area contributed by atoms with Gasteiger partial charge in [0, 0.05) is 11.5 Å². The first kappa shape index (κ1) is 12.6. The van der Waals surface area contributed by atoms with Gasteiger partial charge in [-0.2, -0.15) is 0 Å². The predicted octanol–water partition coefficient (Wildman–Crippen LogP) is 2.20. The summed E-state index contributed by atoms with van der Waals surface area (Å²) < 4.78 is 0. The van der Waals surface area contributed by atoms with E-state index in [1.165, 1.54) is 12.1 Å². The smallest absolute Gasteiger partial charge is 0.252 e. The molecule has 17 heavy (non-hydrogen) atoms. The van der Waals surface area contributed by atoms with Crippen molar-refractivity contribution >= 4 is 12.0 Å². The number of nitrogens with zero attached hydrogens (tertiary/aromatic N) is 3. The number of benzene rings is 1. The first-order valence-corrected chi connectivity index (χ1v) is 4.95. The van der Waals surface area contributed by atoms with Gasteiger partial charge in [-0.25, -0.2) is 0 Å². The summed E-state index contributed by atoms with van der Waals surface area (Å²) in [4.78, 5) is 13.6. The molecule has 0 spiro atoms. The van der Waals surface area contributed by atoms with Gasteiger partial charge in [-0.3, -0.25) is 4.79 Å². The van der Waals surface area contributed by atoms with Crippen LogP contribution in [0.3, 0.4) is 0 Å². The number of carbonyl (C=O) groups excluding carboxylic acids is 1. The molecule has 88 valence electrons. The topological polar surface area (TPSA) is 112 Å². The van der Waals surface area contributed by atoms with Crippen molar-refractivity contribution < 1.29 is 9.90 Å². The third-order valence-corrected chi connectivity index (χ3v) is 2.06. The van der Waals surface area contributed by atoms with Crippen LogP contribution in [0.1, 0.15) is 22.3 Å². The molecule has 0 atom stereocenters. The van der Waals surface area contributed by atoms with Gasteiger partial charge in [-0.15, -0.1) is 0 Å². The summed E-state index contributed by atoms with van der Waals surface area (Å²) in [7, 11) is 0. The summed E-state index contributed by atoms with van der Waals surface area (Å²) in [5.41, 5.74) is 14.0. The Kier molecular flexibility index (Phi) is 4.59. The summed E-state index contributed by atoms with van der Waals surface area (Å²) >= 11 is 0. The van der Waals surface area contributed by atoms with E-state index in [9.17, 15) is 9.90 Å². The summed E-state index contributed by atoms with van der Waals surface area (Å²) in [6, 6.07) is 4.57. The van der Waals surface area contributed by atoms with Gasteiger partial charge in [-0.1, -0.05) is 23.3 Å². The Hall–Kier alpha value is -2.46. The highest BCUT2D eigenvalue weighted by molar-refractivity contribution is 5.96. The molecule has 0 fully saturated rings. The molecule has 1 aromatic rings. The van der Waals surface area contributed by atoms with E-state index in [0.29, 0.717) is 13.0 Å². The van der Waals surface area contributed by atoms with Gasteiger partial charge in [0.25, 0.3) is 5.91 Å². The number of hydrogen-bond donors (Lipinski definition) is 2. The van der Waals surface area contributed by atoms with Gasteiger partial charge in [0.15, 0.2) is 0 Å². The van der Waals surface area contributed by atoms with E-state index in [1.807, 2.05) is 6.08 Å². The Morgan fingerprint density at radius 2 is 2.35 bits per heavy atom. The van der Waals surface area contributed by atoms with Crippen LogP contribution in [0.2, 0.25) is 0 Å². The SMILES string of the molecule is [N-]=[N+]=NCCC=Cc1ccc(O)c(C(N)=O)c1. The number of rotatable bonds is 5. The summed E-state index contributed by atoms with van der Waals surface area (Å²) in [6.07, 6.45) is 4.18. The zero-order valence-electron chi connectivity index (χ0n) is 9.08. The standard InChI is InChI=1S/C11H12N4O2/c12-11(17)9-7-8(4-5-10(9)16)3-1-2-6-14-15-13/h1,3-5,7,16H,2,6H2,(H2,12,17). The zero-order chi connectivity index (χ0) is 12.7. The fourth-order valence-electron chi connectivity index (χ4n) is 1.25. The third-order valence-electron chi connectivity index (χ3n) is 2.06. The second-order valence-electron chi connectivity index (χ2n) is 3.29. The quantitative estimate of drug-likeness (QED) is 0.351. The minimum Gasteiger partial charge on any atom is -0.507 e. The van der Waals surface area contributed by atoms with Crippen molar-refractivity contribution in [2.24, 2.45) is 10.8 Å². The molecule has 0 saturated heterocycles. The van der Waals surface area contributed by atoms with Gasteiger partial charge >= 0.3 is 0 Å². The van der Waals surface area contributed by atoms with E-state index in [1.54, 1.807) is 12.1 Å². The number of amides is 1. The highest BCUT2D eigenvalue weighted by Crippen LogP contribution is 2.18. The number of hydrogen-bond acceptors (Lipinski definition) is 3. The van der Waals surface area contributed by atoms with Crippen molar-refractivity contribution in [1.82, 2.24) is 0 Å². The maximum Gasteiger partial charge on any atom is 0.252 e. The molecule has 0 unspecified atom stereocenters. The number of phenols is 1. The van der Waals surface area contributed by atoms with Crippen LogP contribution in [-0.2, 0) is 0 Å². The average molecular weight is 232 g/mol. The molecule has 1 amide bonds. The minimum atomic E-state index is -0.674. The molecular weight excluding hydrogens is 220 g/mol. The third kappa shape index (κ3) is 3.89. The molecule has 6 nitrogen and oxygen atoms in total. The monoisotopic (exact) mass is 232 g/mol. The second kappa shape index (κ2) is 6.19. The van der Waals surface area contributed by atoms with E-state index >= 15 is 0 Å². The summed E-state index contributed by atoms with van der Waals surface area (Å²) in [5.74, 6) is -0.810. The fraction of sp³-hybridized carbons (Fsp3) is 0.182. The van der Waals surface area contributed by atoms with Crippen molar-refractivity contribution in [3.05, 3.63) is 45.8 Å². The maximum atomic E-state index is 11.0. The van der Waals surface area contributed by atoms with Crippen molar-refractivity contribution in [2.45, 2.75) is 6.42 Å². The summed E-state index contributed by atoms with van der Waals surface area (Å²) in [5, 5.41) is 12.7. The first-order chi connectivity index (χ1) is 8.15. The van der Waals surface area contributed by atoms with Crippen molar-refractivity contribution in [1.29, 1.82) is 0 Å². The molecule has 6 heteroatoms. The highest BCUT2D eigenvalue weighted by Gasteiger charge is 2.06. The molecule has 0 aliphatic rings. The first-order valence-electron chi connectivity index (χ1n) is 4.95. The number of nitrogens with two attached hydrogens (primary N) is 1. The summed E-state index contributed by atoms with van der Waals surface area (Å²) in [6.45, 7) is 0.383. The highest BCUT2D eigenvalue weighted by atomic mass is 16.3. The number of aromatic hydroxyl groups is 1. The Bertz CT molecular complexity index is 490. The van der Waals surface area contributed by atoms with Crippen LogP contribution in [0.15, 0.2) is 29.4 Å². The zero-order valence-corrected chi connectivity index (χ0v) is 9.08. The van der Waals surface area contributed by atoms with Crippen LogP contribution in [0.4, 0.5) is 0 Å². The van der Waals surface area contributed by atoms with Crippen molar-refractivity contribution in [3.8, 4) is 5.75 Å². The molecule has 1 rings (SSSR count). The van der Waals surface area contributed by atoms with Crippen LogP contribution in [0, 0.1) is 0 Å². The molecule has 0 aromatic heterocycles. The number of primary amides is 1. The predicted molar refractivity (Wildman–Crippen MR) is 64.3 cm³/mol. The molecule has 0 saturated carbocycles. The lowest BCUT2D eigenvalue weighted by Crippen LogP contribution is -2.11. The Morgan fingerprint density at radius 3 is 3.00 bits per heavy atom. The van der Waals surface area contributed by atoms with Crippen LogP contribution in [-0.4, -0.2) is 17.6 Å². The molecule has 3 N–H and O–H groups in total. The van der Waals surface area contributed by atoms with Crippen LogP contribution < -0.4 is 5.73 Å². The molecular formula is C11H12N4O2. The molecule has 0 bridgehead atoms. The Balaban J connectivity index is 2.75. The Morgan fingerprint density at radius 1 is 1.59 bits per heavy atom. The molecule has 1 aromatic carbocycles. The lowest BCUT2D eigenvalue weighted by atomic mass is 10.1.